The predicted molar refractivity (Wildman–Crippen MR) is 92.4 cm³/mol. The Bertz CT molecular complexity index is 570. The van der Waals surface area contributed by atoms with Crippen molar-refractivity contribution in [2.24, 2.45) is 0 Å². The van der Waals surface area contributed by atoms with Crippen molar-refractivity contribution in [2.75, 3.05) is 18.5 Å². The van der Waals surface area contributed by atoms with Crippen LogP contribution >= 0.6 is 22.9 Å². The van der Waals surface area contributed by atoms with E-state index >= 15 is 0 Å². The van der Waals surface area contributed by atoms with Crippen LogP contribution in [0.5, 0.6) is 0 Å². The average molecular weight is 324 g/mol. The Morgan fingerprint density at radius 2 is 2.14 bits per heavy atom. The van der Waals surface area contributed by atoms with Crippen molar-refractivity contribution < 1.29 is 0 Å². The van der Waals surface area contributed by atoms with Gasteiger partial charge in [-0.2, -0.15) is 0 Å². The van der Waals surface area contributed by atoms with Gasteiger partial charge >= 0.3 is 0 Å². The maximum absolute atomic E-state index is 6.29. The summed E-state index contributed by atoms with van der Waals surface area (Å²) in [5, 5.41) is 5.23. The number of halogens is 1. The minimum Gasteiger partial charge on any atom is -0.344 e. The van der Waals surface area contributed by atoms with Gasteiger partial charge in [0.1, 0.15) is 0 Å². The highest BCUT2D eigenvalue weighted by Gasteiger charge is 2.17. The smallest absolute Gasteiger partial charge is 0.185 e. The second kappa shape index (κ2) is 7.78. The van der Waals surface area contributed by atoms with E-state index in [1.54, 1.807) is 11.3 Å². The third kappa shape index (κ3) is 4.19. The lowest BCUT2D eigenvalue weighted by atomic mass is 10.1. The minimum absolute atomic E-state index is 0.196. The highest BCUT2D eigenvalue weighted by Crippen LogP contribution is 2.32. The molecule has 1 aromatic heterocycles. The molecule has 1 aromatic carbocycles. The number of nitrogens with one attached hydrogen (secondary N) is 1. The lowest BCUT2D eigenvalue weighted by molar-refractivity contribution is 0.681. The first kappa shape index (κ1) is 16.3. The summed E-state index contributed by atoms with van der Waals surface area (Å²) in [7, 11) is 2.07. The summed E-state index contributed by atoms with van der Waals surface area (Å²) in [5.41, 5.74) is 1.13. The molecule has 5 heteroatoms. The van der Waals surface area contributed by atoms with Crippen molar-refractivity contribution in [1.29, 1.82) is 0 Å². The zero-order valence-electron chi connectivity index (χ0n) is 12.8. The van der Waals surface area contributed by atoms with Crippen molar-refractivity contribution >= 4 is 28.1 Å². The van der Waals surface area contributed by atoms with Crippen LogP contribution in [0.4, 0.5) is 5.13 Å². The molecule has 0 bridgehead atoms. The molecule has 0 amide bonds. The van der Waals surface area contributed by atoms with Gasteiger partial charge in [0.15, 0.2) is 5.13 Å². The summed E-state index contributed by atoms with van der Waals surface area (Å²) in [5.74, 6) is 0. The number of aromatic nitrogens is 1. The van der Waals surface area contributed by atoms with Gasteiger partial charge in [-0.25, -0.2) is 4.98 Å². The van der Waals surface area contributed by atoms with Crippen LogP contribution in [0, 0.1) is 0 Å². The first-order valence-electron chi connectivity index (χ1n) is 7.26. The van der Waals surface area contributed by atoms with Crippen LogP contribution in [0.2, 0.25) is 5.02 Å². The van der Waals surface area contributed by atoms with Gasteiger partial charge in [0.25, 0.3) is 0 Å². The van der Waals surface area contributed by atoms with Crippen LogP contribution in [0.25, 0.3) is 0 Å². The van der Waals surface area contributed by atoms with E-state index in [0.29, 0.717) is 0 Å². The largest absolute Gasteiger partial charge is 0.344 e. The van der Waals surface area contributed by atoms with Crippen molar-refractivity contribution in [3.8, 4) is 0 Å². The molecule has 21 heavy (non-hydrogen) atoms. The van der Waals surface area contributed by atoms with Gasteiger partial charge in [0.2, 0.25) is 0 Å². The van der Waals surface area contributed by atoms with Gasteiger partial charge in [0.05, 0.1) is 6.04 Å². The molecule has 0 spiro atoms. The predicted octanol–water partition coefficient (Wildman–Crippen LogP) is 4.49. The number of nitrogens with zero attached hydrogens (tertiary/aromatic N) is 2. The first-order chi connectivity index (χ1) is 10.1. The molecule has 0 aliphatic rings. The number of benzene rings is 1. The molecular formula is C16H22ClN3S. The van der Waals surface area contributed by atoms with Crippen molar-refractivity contribution in [1.82, 2.24) is 10.3 Å². The summed E-state index contributed by atoms with van der Waals surface area (Å²) >= 11 is 8.02. The van der Waals surface area contributed by atoms with Crippen LogP contribution in [0.15, 0.2) is 30.5 Å². The fourth-order valence-corrected chi connectivity index (χ4v) is 3.33. The lowest BCUT2D eigenvalue weighted by Gasteiger charge is -2.25. The van der Waals surface area contributed by atoms with Gasteiger partial charge in [-0.3, -0.25) is 0 Å². The lowest BCUT2D eigenvalue weighted by Crippen LogP contribution is -2.21. The van der Waals surface area contributed by atoms with Crippen LogP contribution in [-0.4, -0.2) is 18.6 Å². The normalized spacial score (nSPS) is 12.4. The fraction of sp³-hybridized carbons (Fsp3) is 0.438. The van der Waals surface area contributed by atoms with Crippen LogP contribution in [0.3, 0.4) is 0 Å². The monoisotopic (exact) mass is 323 g/mol. The first-order valence-corrected chi connectivity index (χ1v) is 8.45. The summed E-state index contributed by atoms with van der Waals surface area (Å²) in [6.07, 6.45) is 3.10. The molecule has 2 rings (SSSR count). The van der Waals surface area contributed by atoms with Crippen molar-refractivity contribution in [2.45, 2.75) is 32.9 Å². The molecule has 1 heterocycles. The minimum atomic E-state index is 0.196. The molecule has 3 nitrogen and oxygen atoms in total. The zero-order valence-corrected chi connectivity index (χ0v) is 14.3. The second-order valence-electron chi connectivity index (χ2n) is 5.09. The summed E-state index contributed by atoms with van der Waals surface area (Å²) < 4.78 is 0. The summed E-state index contributed by atoms with van der Waals surface area (Å²) in [6.45, 7) is 6.25. The zero-order chi connectivity index (χ0) is 15.2. The third-order valence-electron chi connectivity index (χ3n) is 3.51. The van der Waals surface area contributed by atoms with E-state index in [4.69, 9.17) is 11.6 Å². The molecule has 1 N–H and O–H groups in total. The van der Waals surface area contributed by atoms with Crippen molar-refractivity contribution in [3.63, 3.8) is 0 Å². The topological polar surface area (TPSA) is 28.2 Å². The molecule has 0 radical (unpaired) electrons. The third-order valence-corrected chi connectivity index (χ3v) is 4.94. The van der Waals surface area contributed by atoms with E-state index in [1.807, 2.05) is 24.4 Å². The molecule has 1 unspecified atom stereocenters. The number of rotatable bonds is 7. The van der Waals surface area contributed by atoms with E-state index in [0.717, 1.165) is 35.2 Å². The molecule has 114 valence electrons. The highest BCUT2D eigenvalue weighted by molar-refractivity contribution is 7.15. The van der Waals surface area contributed by atoms with Gasteiger partial charge < -0.3 is 10.2 Å². The number of thiazole rings is 1. The second-order valence-corrected chi connectivity index (χ2v) is 6.60. The number of anilines is 1. The molecule has 0 aliphatic carbocycles. The Hall–Kier alpha value is -1.10. The molecule has 0 fully saturated rings. The Morgan fingerprint density at radius 3 is 2.86 bits per heavy atom. The average Bonchev–Trinajstić information content (AvgIpc) is 2.95. The van der Waals surface area contributed by atoms with E-state index < -0.39 is 0 Å². The van der Waals surface area contributed by atoms with Gasteiger partial charge in [-0.1, -0.05) is 36.7 Å². The summed E-state index contributed by atoms with van der Waals surface area (Å²) in [6, 6.07) is 8.18. The number of hydrogen-bond acceptors (Lipinski definition) is 4. The maximum atomic E-state index is 6.29. The quantitative estimate of drug-likeness (QED) is 0.761. The van der Waals surface area contributed by atoms with E-state index in [2.05, 4.69) is 42.2 Å². The van der Waals surface area contributed by atoms with Gasteiger partial charge in [-0.15, -0.1) is 11.3 Å². The van der Waals surface area contributed by atoms with Crippen LogP contribution in [-0.2, 0) is 6.54 Å². The highest BCUT2D eigenvalue weighted by atomic mass is 35.5. The fourth-order valence-electron chi connectivity index (χ4n) is 2.12. The Balaban J connectivity index is 2.06. The number of hydrogen-bond donors (Lipinski definition) is 1. The van der Waals surface area contributed by atoms with Crippen LogP contribution < -0.4 is 10.2 Å². The summed E-state index contributed by atoms with van der Waals surface area (Å²) in [4.78, 5) is 7.97. The molecule has 2 aromatic rings. The molecule has 0 saturated heterocycles. The van der Waals surface area contributed by atoms with Crippen molar-refractivity contribution in [3.05, 3.63) is 45.9 Å². The standard InChI is InChI=1S/C16H22ClN3S/c1-4-9-18-10-13-11-19-16(21-13)20(3)12(2)14-7-5-6-8-15(14)17/h5-8,11-12,18H,4,9-10H2,1-3H3. The Kier molecular flexibility index (Phi) is 6.03. The molecule has 1 atom stereocenters. The molecule has 0 aliphatic heterocycles. The molecular weight excluding hydrogens is 302 g/mol. The SMILES string of the molecule is CCCNCc1cnc(N(C)C(C)c2ccccc2Cl)s1. The van der Waals surface area contributed by atoms with E-state index in [9.17, 15) is 0 Å². The van der Waals surface area contributed by atoms with Crippen LogP contribution in [0.1, 0.15) is 36.8 Å². The maximum Gasteiger partial charge on any atom is 0.185 e. The Labute approximate surface area is 136 Å². The molecule has 0 saturated carbocycles. The van der Waals surface area contributed by atoms with E-state index in [1.165, 1.54) is 4.88 Å². The van der Waals surface area contributed by atoms with Gasteiger partial charge in [0, 0.05) is 29.7 Å². The van der Waals surface area contributed by atoms with E-state index in [-0.39, 0.29) is 6.04 Å². The Morgan fingerprint density at radius 1 is 1.38 bits per heavy atom. The van der Waals surface area contributed by atoms with Gasteiger partial charge in [-0.05, 0) is 31.5 Å².